The fourth-order valence-corrected chi connectivity index (χ4v) is 2.83. The van der Waals surface area contributed by atoms with E-state index in [1.807, 2.05) is 24.6 Å². The van der Waals surface area contributed by atoms with Gasteiger partial charge in [0.25, 0.3) is 0 Å². The highest BCUT2D eigenvalue weighted by molar-refractivity contribution is 6.23. The van der Waals surface area contributed by atoms with E-state index in [4.69, 9.17) is 14.7 Å². The summed E-state index contributed by atoms with van der Waals surface area (Å²) in [6.07, 6.45) is 5.40. The van der Waals surface area contributed by atoms with Gasteiger partial charge in [-0.1, -0.05) is 17.7 Å². The first-order valence-electron chi connectivity index (χ1n) is 9.07. The molecule has 0 heterocycles. The van der Waals surface area contributed by atoms with Gasteiger partial charge in [-0.05, 0) is 52.5 Å². The van der Waals surface area contributed by atoms with Gasteiger partial charge in [0.2, 0.25) is 23.1 Å². The number of carbonyl (C=O) groups is 3. The Morgan fingerprint density at radius 3 is 2.21 bits per heavy atom. The van der Waals surface area contributed by atoms with Crippen LogP contribution in [0.25, 0.3) is 0 Å². The van der Waals surface area contributed by atoms with Crippen molar-refractivity contribution in [1.82, 2.24) is 5.48 Å². The first kappa shape index (κ1) is 23.5. The van der Waals surface area contributed by atoms with Crippen LogP contribution < -0.4 is 5.48 Å². The van der Waals surface area contributed by atoms with Crippen LogP contribution in [0.5, 0.6) is 0 Å². The lowest BCUT2D eigenvalue weighted by Gasteiger charge is -2.19. The Morgan fingerprint density at radius 1 is 1.11 bits per heavy atom. The number of allylic oxidation sites excluding steroid dienone is 5. The second-order valence-electron chi connectivity index (χ2n) is 6.72. The number of ether oxygens (including phenoxy) is 2. The SMILES string of the molecule is COC1=C(OC)C(=O)C(C/C=C(\C)CC/C=C(\C)C(=O)C(C)NO)=C(C)C1=O. The molecule has 154 valence electrons. The van der Waals surface area contributed by atoms with E-state index in [0.29, 0.717) is 36.0 Å². The molecule has 7 heteroatoms. The van der Waals surface area contributed by atoms with Crippen LogP contribution in [0.3, 0.4) is 0 Å². The van der Waals surface area contributed by atoms with Gasteiger partial charge in [0, 0.05) is 11.1 Å². The molecule has 0 aromatic rings. The van der Waals surface area contributed by atoms with E-state index in [0.717, 1.165) is 5.57 Å². The van der Waals surface area contributed by atoms with E-state index in [9.17, 15) is 14.4 Å². The van der Waals surface area contributed by atoms with Crippen molar-refractivity contribution in [2.75, 3.05) is 14.2 Å². The highest BCUT2D eigenvalue weighted by Gasteiger charge is 2.34. The average Bonchev–Trinajstić information content (AvgIpc) is 2.68. The lowest BCUT2D eigenvalue weighted by molar-refractivity contribution is -0.121. The van der Waals surface area contributed by atoms with Crippen LogP contribution in [0.4, 0.5) is 0 Å². The molecule has 1 unspecified atom stereocenters. The topological polar surface area (TPSA) is 102 Å². The van der Waals surface area contributed by atoms with E-state index < -0.39 is 6.04 Å². The van der Waals surface area contributed by atoms with E-state index >= 15 is 0 Å². The van der Waals surface area contributed by atoms with E-state index in [1.54, 1.807) is 20.8 Å². The van der Waals surface area contributed by atoms with Gasteiger partial charge in [-0.15, -0.1) is 0 Å². The number of methoxy groups -OCH3 is 2. The van der Waals surface area contributed by atoms with Crippen LogP contribution in [-0.4, -0.2) is 42.8 Å². The minimum Gasteiger partial charge on any atom is -0.489 e. The summed E-state index contributed by atoms with van der Waals surface area (Å²) >= 11 is 0. The lowest BCUT2D eigenvalue weighted by atomic mass is 9.90. The third-order valence-corrected chi connectivity index (χ3v) is 4.71. The van der Waals surface area contributed by atoms with Crippen LogP contribution in [0.2, 0.25) is 0 Å². The number of rotatable bonds is 10. The Hall–Kier alpha value is -2.51. The molecule has 2 N–H and O–H groups in total. The number of ketones is 3. The first-order chi connectivity index (χ1) is 13.2. The van der Waals surface area contributed by atoms with E-state index in [1.165, 1.54) is 14.2 Å². The van der Waals surface area contributed by atoms with Gasteiger partial charge in [-0.3, -0.25) is 14.4 Å². The minimum absolute atomic E-state index is 0.0636. The van der Waals surface area contributed by atoms with Crippen molar-refractivity contribution in [2.24, 2.45) is 0 Å². The summed E-state index contributed by atoms with van der Waals surface area (Å²) in [6, 6.07) is -0.641. The Kier molecular flexibility index (Phi) is 9.02. The Labute approximate surface area is 165 Å². The van der Waals surface area contributed by atoms with Crippen LogP contribution in [0.15, 0.2) is 46.0 Å². The molecular formula is C21H29NO6. The molecule has 0 bridgehead atoms. The molecule has 0 amide bonds. The van der Waals surface area contributed by atoms with Gasteiger partial charge in [0.05, 0.1) is 20.3 Å². The second-order valence-corrected chi connectivity index (χ2v) is 6.72. The van der Waals surface area contributed by atoms with Crippen LogP contribution in [-0.2, 0) is 23.9 Å². The highest BCUT2D eigenvalue weighted by Crippen LogP contribution is 2.28. The summed E-state index contributed by atoms with van der Waals surface area (Å²) in [5.41, 5.74) is 4.31. The zero-order chi connectivity index (χ0) is 21.4. The molecule has 1 aliphatic carbocycles. The molecule has 0 fully saturated rings. The molecule has 28 heavy (non-hydrogen) atoms. The predicted octanol–water partition coefficient (Wildman–Crippen LogP) is 2.96. The quantitative estimate of drug-likeness (QED) is 0.255. The van der Waals surface area contributed by atoms with E-state index in [2.05, 4.69) is 0 Å². The number of hydrogen-bond acceptors (Lipinski definition) is 7. The Morgan fingerprint density at radius 2 is 1.68 bits per heavy atom. The van der Waals surface area contributed by atoms with Crippen molar-refractivity contribution in [2.45, 2.75) is 53.0 Å². The van der Waals surface area contributed by atoms with Crippen molar-refractivity contribution in [1.29, 1.82) is 0 Å². The van der Waals surface area contributed by atoms with E-state index in [-0.39, 0.29) is 28.9 Å². The minimum atomic E-state index is -0.641. The van der Waals surface area contributed by atoms with Crippen molar-refractivity contribution in [3.63, 3.8) is 0 Å². The second kappa shape index (κ2) is 10.7. The van der Waals surface area contributed by atoms with Gasteiger partial charge in [0.1, 0.15) is 0 Å². The summed E-state index contributed by atoms with van der Waals surface area (Å²) < 4.78 is 10.1. The molecule has 0 aliphatic heterocycles. The maximum absolute atomic E-state index is 12.6. The number of Topliss-reactive ketones (excluding diaryl/α,β-unsaturated/α-hetero) is 3. The zero-order valence-electron chi connectivity index (χ0n) is 17.3. The molecule has 1 atom stereocenters. The van der Waals surface area contributed by atoms with Gasteiger partial charge >= 0.3 is 0 Å². The van der Waals surface area contributed by atoms with Crippen LogP contribution in [0, 0.1) is 0 Å². The fourth-order valence-electron chi connectivity index (χ4n) is 2.83. The number of hydrogen-bond donors (Lipinski definition) is 2. The molecule has 1 rings (SSSR count). The van der Waals surface area contributed by atoms with Crippen LogP contribution >= 0.6 is 0 Å². The number of hydroxylamine groups is 1. The molecule has 0 saturated carbocycles. The monoisotopic (exact) mass is 391 g/mol. The Balaban J connectivity index is 2.80. The third kappa shape index (κ3) is 5.50. The summed E-state index contributed by atoms with van der Waals surface area (Å²) in [4.78, 5) is 36.8. The van der Waals surface area contributed by atoms with Crippen molar-refractivity contribution < 1.29 is 29.1 Å². The Bertz CT molecular complexity index is 770. The summed E-state index contributed by atoms with van der Waals surface area (Å²) in [6.45, 7) is 6.84. The van der Waals surface area contributed by atoms with Gasteiger partial charge < -0.3 is 14.7 Å². The molecule has 0 aromatic carbocycles. The largest absolute Gasteiger partial charge is 0.489 e. The molecule has 0 saturated heterocycles. The van der Waals surface area contributed by atoms with Gasteiger partial charge in [0.15, 0.2) is 5.78 Å². The average molecular weight is 391 g/mol. The van der Waals surface area contributed by atoms with Gasteiger partial charge in [-0.25, -0.2) is 0 Å². The van der Waals surface area contributed by atoms with Crippen molar-refractivity contribution in [3.8, 4) is 0 Å². The van der Waals surface area contributed by atoms with Gasteiger partial charge in [-0.2, -0.15) is 5.48 Å². The normalized spacial score (nSPS) is 17.2. The molecule has 1 aliphatic rings. The number of carbonyl (C=O) groups excluding carboxylic acids is 3. The smallest absolute Gasteiger partial charge is 0.228 e. The van der Waals surface area contributed by atoms with Crippen molar-refractivity contribution in [3.05, 3.63) is 46.0 Å². The highest BCUT2D eigenvalue weighted by atomic mass is 16.5. The summed E-state index contributed by atoms with van der Waals surface area (Å²) in [7, 11) is 2.67. The molecular weight excluding hydrogens is 362 g/mol. The molecule has 0 aromatic heterocycles. The first-order valence-corrected chi connectivity index (χ1v) is 9.07. The standard InChI is InChI=1S/C21H29NO6/c1-12(8-7-9-13(2)17(23)15(4)22-26)10-11-16-14(3)18(24)20(27-5)21(28-6)19(16)25/h9-10,15,22,26H,7-8,11H2,1-6H3/b12-10+,13-9+. The van der Waals surface area contributed by atoms with Crippen LogP contribution in [0.1, 0.15) is 47.0 Å². The summed E-state index contributed by atoms with van der Waals surface area (Å²) in [5, 5.41) is 8.81. The predicted molar refractivity (Wildman–Crippen MR) is 105 cm³/mol. The zero-order valence-corrected chi connectivity index (χ0v) is 17.3. The van der Waals surface area contributed by atoms with Crippen molar-refractivity contribution >= 4 is 17.3 Å². The maximum atomic E-state index is 12.6. The molecule has 7 nitrogen and oxygen atoms in total. The molecule has 0 spiro atoms. The maximum Gasteiger partial charge on any atom is 0.228 e. The fraction of sp³-hybridized carbons (Fsp3) is 0.476. The number of nitrogens with one attached hydrogen (secondary N) is 1. The lowest BCUT2D eigenvalue weighted by Crippen LogP contribution is -2.31. The third-order valence-electron chi connectivity index (χ3n) is 4.71. The summed E-state index contributed by atoms with van der Waals surface area (Å²) in [5.74, 6) is -0.978. The molecule has 0 radical (unpaired) electrons.